The SMILES string of the molecule is COC(CC(CN)N1CCC2(CCCC2)CC1)OC. The van der Waals surface area contributed by atoms with E-state index in [9.17, 15) is 0 Å². The van der Waals surface area contributed by atoms with Gasteiger partial charge in [-0.15, -0.1) is 0 Å². The van der Waals surface area contributed by atoms with Gasteiger partial charge in [0.2, 0.25) is 0 Å². The molecule has 1 saturated carbocycles. The number of hydrogen-bond donors (Lipinski definition) is 1. The normalized spacial score (nSPS) is 25.3. The molecule has 0 amide bonds. The molecule has 0 aromatic carbocycles. The van der Waals surface area contributed by atoms with Crippen LogP contribution in [0, 0.1) is 5.41 Å². The Labute approximate surface area is 117 Å². The van der Waals surface area contributed by atoms with Gasteiger partial charge < -0.3 is 15.2 Å². The Hall–Kier alpha value is -0.160. The molecule has 4 heteroatoms. The van der Waals surface area contributed by atoms with E-state index in [2.05, 4.69) is 4.90 Å². The van der Waals surface area contributed by atoms with Crippen LogP contribution in [0.3, 0.4) is 0 Å². The Balaban J connectivity index is 1.84. The Morgan fingerprint density at radius 2 is 1.63 bits per heavy atom. The molecule has 0 bridgehead atoms. The van der Waals surface area contributed by atoms with Crippen LogP contribution in [0.15, 0.2) is 0 Å². The summed E-state index contributed by atoms with van der Waals surface area (Å²) in [6, 6.07) is 0.392. The van der Waals surface area contributed by atoms with Crippen LogP contribution in [0.2, 0.25) is 0 Å². The third-order valence-electron chi connectivity index (χ3n) is 5.30. The summed E-state index contributed by atoms with van der Waals surface area (Å²) in [7, 11) is 3.40. The average molecular weight is 270 g/mol. The lowest BCUT2D eigenvalue weighted by Crippen LogP contribution is -2.49. The highest BCUT2D eigenvalue weighted by Crippen LogP contribution is 2.46. The number of rotatable bonds is 6. The van der Waals surface area contributed by atoms with Crippen molar-refractivity contribution in [2.24, 2.45) is 11.1 Å². The molecule has 1 saturated heterocycles. The zero-order valence-electron chi connectivity index (χ0n) is 12.6. The molecule has 1 heterocycles. The number of piperidine rings is 1. The maximum absolute atomic E-state index is 5.95. The van der Waals surface area contributed by atoms with Crippen molar-refractivity contribution >= 4 is 0 Å². The summed E-state index contributed by atoms with van der Waals surface area (Å²) in [5, 5.41) is 0. The molecule has 1 aliphatic carbocycles. The summed E-state index contributed by atoms with van der Waals surface area (Å²) >= 11 is 0. The second-order valence-electron chi connectivity index (χ2n) is 6.27. The van der Waals surface area contributed by atoms with Gasteiger partial charge in [0.25, 0.3) is 0 Å². The predicted molar refractivity (Wildman–Crippen MR) is 77.0 cm³/mol. The summed E-state index contributed by atoms with van der Waals surface area (Å²) < 4.78 is 10.6. The molecular weight excluding hydrogens is 240 g/mol. The summed E-state index contributed by atoms with van der Waals surface area (Å²) in [5.74, 6) is 0. The number of ether oxygens (including phenoxy) is 2. The third-order valence-corrected chi connectivity index (χ3v) is 5.30. The molecule has 1 aliphatic heterocycles. The van der Waals surface area contributed by atoms with Gasteiger partial charge in [-0.25, -0.2) is 0 Å². The van der Waals surface area contributed by atoms with Crippen LogP contribution in [-0.2, 0) is 9.47 Å². The summed E-state index contributed by atoms with van der Waals surface area (Å²) in [6.45, 7) is 3.08. The van der Waals surface area contributed by atoms with Crippen LogP contribution in [0.4, 0.5) is 0 Å². The summed E-state index contributed by atoms with van der Waals surface area (Å²) in [5.41, 5.74) is 6.63. The van der Waals surface area contributed by atoms with Gasteiger partial charge >= 0.3 is 0 Å². The summed E-state index contributed by atoms with van der Waals surface area (Å²) in [6.07, 6.45) is 9.24. The monoisotopic (exact) mass is 270 g/mol. The Morgan fingerprint density at radius 1 is 1.05 bits per heavy atom. The molecule has 112 valence electrons. The standard InChI is InChI=1S/C15H30N2O2/c1-18-14(19-2)11-13(12-16)17-9-7-15(8-10-17)5-3-4-6-15/h13-14H,3-12,16H2,1-2H3. The minimum absolute atomic E-state index is 0.129. The lowest BCUT2D eigenvalue weighted by Gasteiger charge is -2.43. The number of nitrogens with two attached hydrogens (primary N) is 1. The van der Waals surface area contributed by atoms with Crippen molar-refractivity contribution in [3.8, 4) is 0 Å². The van der Waals surface area contributed by atoms with Crippen molar-refractivity contribution in [2.45, 2.75) is 57.3 Å². The predicted octanol–water partition coefficient (Wildman–Crippen LogP) is 1.98. The first kappa shape index (κ1) is 15.2. The van der Waals surface area contributed by atoms with E-state index in [1.165, 1.54) is 51.6 Å². The van der Waals surface area contributed by atoms with Crippen LogP contribution < -0.4 is 5.73 Å². The van der Waals surface area contributed by atoms with E-state index in [1.807, 2.05) is 0 Å². The van der Waals surface area contributed by atoms with Crippen LogP contribution in [-0.4, -0.2) is 51.1 Å². The minimum Gasteiger partial charge on any atom is -0.356 e. The molecule has 19 heavy (non-hydrogen) atoms. The van der Waals surface area contributed by atoms with Crippen molar-refractivity contribution in [1.29, 1.82) is 0 Å². The summed E-state index contributed by atoms with van der Waals surface area (Å²) in [4.78, 5) is 2.55. The van der Waals surface area contributed by atoms with Crippen LogP contribution in [0.25, 0.3) is 0 Å². The van der Waals surface area contributed by atoms with E-state index < -0.39 is 0 Å². The average Bonchev–Trinajstić information content (AvgIpc) is 2.90. The molecule has 1 atom stereocenters. The lowest BCUT2D eigenvalue weighted by molar-refractivity contribution is -0.118. The first-order chi connectivity index (χ1) is 9.23. The Bertz CT molecular complexity index is 253. The quantitative estimate of drug-likeness (QED) is 0.750. The van der Waals surface area contributed by atoms with E-state index >= 15 is 0 Å². The highest BCUT2D eigenvalue weighted by molar-refractivity contribution is 4.91. The lowest BCUT2D eigenvalue weighted by atomic mass is 9.76. The van der Waals surface area contributed by atoms with E-state index in [-0.39, 0.29) is 6.29 Å². The zero-order valence-corrected chi connectivity index (χ0v) is 12.6. The van der Waals surface area contributed by atoms with Gasteiger partial charge in [0.15, 0.2) is 6.29 Å². The molecule has 2 fully saturated rings. The van der Waals surface area contributed by atoms with Gasteiger partial charge in [-0.3, -0.25) is 4.90 Å². The van der Waals surface area contributed by atoms with Crippen molar-refractivity contribution in [3.05, 3.63) is 0 Å². The van der Waals surface area contributed by atoms with Gasteiger partial charge in [0.1, 0.15) is 0 Å². The van der Waals surface area contributed by atoms with Crippen LogP contribution in [0.1, 0.15) is 44.9 Å². The zero-order chi connectivity index (χ0) is 13.7. The Kier molecular flexibility index (Phi) is 5.63. The van der Waals surface area contributed by atoms with Crippen LogP contribution in [0.5, 0.6) is 0 Å². The van der Waals surface area contributed by atoms with Gasteiger partial charge in [0, 0.05) is 33.2 Å². The second kappa shape index (κ2) is 7.02. The molecule has 2 rings (SSSR count). The van der Waals surface area contributed by atoms with E-state index in [0.717, 1.165) is 6.42 Å². The van der Waals surface area contributed by atoms with Gasteiger partial charge in [-0.2, -0.15) is 0 Å². The molecule has 4 nitrogen and oxygen atoms in total. The Morgan fingerprint density at radius 3 is 2.11 bits per heavy atom. The van der Waals surface area contributed by atoms with Gasteiger partial charge in [-0.05, 0) is 44.2 Å². The third kappa shape index (κ3) is 3.69. The number of hydrogen-bond acceptors (Lipinski definition) is 4. The highest BCUT2D eigenvalue weighted by Gasteiger charge is 2.38. The van der Waals surface area contributed by atoms with E-state index in [4.69, 9.17) is 15.2 Å². The molecular formula is C15H30N2O2. The van der Waals surface area contributed by atoms with Crippen molar-refractivity contribution in [2.75, 3.05) is 33.9 Å². The largest absolute Gasteiger partial charge is 0.356 e. The van der Waals surface area contributed by atoms with Crippen LogP contribution >= 0.6 is 0 Å². The topological polar surface area (TPSA) is 47.7 Å². The fourth-order valence-corrected chi connectivity index (χ4v) is 3.89. The van der Waals surface area contributed by atoms with Gasteiger partial charge in [0.05, 0.1) is 0 Å². The highest BCUT2D eigenvalue weighted by atomic mass is 16.7. The minimum atomic E-state index is -0.129. The molecule has 0 radical (unpaired) electrons. The molecule has 0 aromatic heterocycles. The van der Waals surface area contributed by atoms with Crippen molar-refractivity contribution in [3.63, 3.8) is 0 Å². The van der Waals surface area contributed by atoms with Crippen molar-refractivity contribution < 1.29 is 9.47 Å². The number of nitrogens with zero attached hydrogens (tertiary/aromatic N) is 1. The first-order valence-electron chi connectivity index (χ1n) is 7.73. The fraction of sp³-hybridized carbons (Fsp3) is 1.00. The van der Waals surface area contributed by atoms with E-state index in [1.54, 1.807) is 14.2 Å². The number of likely N-dealkylation sites (tertiary alicyclic amines) is 1. The van der Waals surface area contributed by atoms with Crippen molar-refractivity contribution in [1.82, 2.24) is 4.90 Å². The molecule has 1 spiro atoms. The maximum Gasteiger partial charge on any atom is 0.158 e. The van der Waals surface area contributed by atoms with E-state index in [0.29, 0.717) is 18.0 Å². The maximum atomic E-state index is 5.95. The fourth-order valence-electron chi connectivity index (χ4n) is 3.89. The second-order valence-corrected chi connectivity index (χ2v) is 6.27. The molecule has 2 aliphatic rings. The molecule has 1 unspecified atom stereocenters. The smallest absolute Gasteiger partial charge is 0.158 e. The first-order valence-corrected chi connectivity index (χ1v) is 7.73. The molecule has 2 N–H and O–H groups in total. The van der Waals surface area contributed by atoms with Gasteiger partial charge in [-0.1, -0.05) is 12.8 Å². The molecule has 0 aromatic rings. The number of methoxy groups -OCH3 is 2.